The summed E-state index contributed by atoms with van der Waals surface area (Å²) < 4.78 is 10.8. The van der Waals surface area contributed by atoms with Crippen molar-refractivity contribution in [1.29, 1.82) is 0 Å². The summed E-state index contributed by atoms with van der Waals surface area (Å²) in [4.78, 5) is 2.23. The third-order valence-corrected chi connectivity index (χ3v) is 2.08. The molecule has 0 aliphatic carbocycles. The summed E-state index contributed by atoms with van der Waals surface area (Å²) in [5, 5.41) is 0. The first-order valence-electron chi connectivity index (χ1n) is 4.10. The minimum absolute atomic E-state index is 0.264. The maximum Gasteiger partial charge on any atom is 0.0975 e. The third kappa shape index (κ3) is 2.15. The van der Waals surface area contributed by atoms with Crippen LogP contribution in [0, 0.1) is 0 Å². The Morgan fingerprint density at radius 3 is 2.55 bits per heavy atom. The van der Waals surface area contributed by atoms with Gasteiger partial charge in [-0.2, -0.15) is 0 Å². The molecule has 1 fully saturated rings. The Morgan fingerprint density at radius 2 is 2.00 bits per heavy atom. The van der Waals surface area contributed by atoms with Gasteiger partial charge in [0.25, 0.3) is 0 Å². The SMILES string of the molecule is CCO[C@@H]1CN(C)C[C@H]1OC. The molecule has 0 N–H and O–H groups in total. The Morgan fingerprint density at radius 1 is 1.36 bits per heavy atom. The van der Waals surface area contributed by atoms with Crippen LogP contribution < -0.4 is 0 Å². The molecule has 0 aromatic heterocycles. The van der Waals surface area contributed by atoms with Crippen LogP contribution in [0.4, 0.5) is 0 Å². The Bertz CT molecular complexity index is 119. The van der Waals surface area contributed by atoms with Crippen molar-refractivity contribution in [3.8, 4) is 0 Å². The van der Waals surface area contributed by atoms with Gasteiger partial charge >= 0.3 is 0 Å². The van der Waals surface area contributed by atoms with Crippen molar-refractivity contribution in [3.05, 3.63) is 0 Å². The molecule has 0 saturated carbocycles. The van der Waals surface area contributed by atoms with E-state index in [0.717, 1.165) is 19.7 Å². The molecule has 0 spiro atoms. The minimum Gasteiger partial charge on any atom is -0.377 e. The zero-order chi connectivity index (χ0) is 8.27. The second-order valence-corrected chi connectivity index (χ2v) is 2.99. The molecule has 0 bridgehead atoms. The van der Waals surface area contributed by atoms with Crippen LogP contribution in [-0.2, 0) is 9.47 Å². The zero-order valence-corrected chi connectivity index (χ0v) is 7.54. The van der Waals surface area contributed by atoms with Gasteiger partial charge in [-0.1, -0.05) is 0 Å². The highest BCUT2D eigenvalue weighted by Gasteiger charge is 2.30. The van der Waals surface area contributed by atoms with Crippen LogP contribution in [0.15, 0.2) is 0 Å². The van der Waals surface area contributed by atoms with Crippen LogP contribution in [-0.4, -0.2) is 51.0 Å². The van der Waals surface area contributed by atoms with Crippen LogP contribution in [0.5, 0.6) is 0 Å². The average molecular weight is 159 g/mol. The van der Waals surface area contributed by atoms with Crippen LogP contribution in [0.3, 0.4) is 0 Å². The van der Waals surface area contributed by atoms with Gasteiger partial charge < -0.3 is 14.4 Å². The van der Waals surface area contributed by atoms with Crippen molar-refractivity contribution in [3.63, 3.8) is 0 Å². The highest BCUT2D eigenvalue weighted by molar-refractivity contribution is 4.83. The lowest BCUT2D eigenvalue weighted by Crippen LogP contribution is -2.28. The minimum atomic E-state index is 0.264. The standard InChI is InChI=1S/C8H17NO2/c1-4-11-8-6-9(2)5-7(8)10-3/h7-8H,4-6H2,1-3H3/t7-,8-/m1/s1. The van der Waals surface area contributed by atoms with E-state index >= 15 is 0 Å². The molecule has 3 nitrogen and oxygen atoms in total. The van der Waals surface area contributed by atoms with Gasteiger partial charge in [0.15, 0.2) is 0 Å². The number of likely N-dealkylation sites (N-methyl/N-ethyl adjacent to an activating group) is 1. The molecule has 1 aliphatic rings. The molecular formula is C8H17NO2. The molecular weight excluding hydrogens is 142 g/mol. The number of methoxy groups -OCH3 is 1. The van der Waals surface area contributed by atoms with E-state index in [-0.39, 0.29) is 12.2 Å². The molecule has 0 amide bonds. The molecule has 1 aliphatic heterocycles. The summed E-state index contributed by atoms with van der Waals surface area (Å²) in [5.74, 6) is 0. The van der Waals surface area contributed by atoms with Crippen molar-refractivity contribution < 1.29 is 9.47 Å². The lowest BCUT2D eigenvalue weighted by Gasteiger charge is -2.15. The maximum absolute atomic E-state index is 5.51. The van der Waals surface area contributed by atoms with Crippen molar-refractivity contribution in [2.24, 2.45) is 0 Å². The van der Waals surface area contributed by atoms with Crippen molar-refractivity contribution in [1.82, 2.24) is 4.90 Å². The highest BCUT2D eigenvalue weighted by atomic mass is 16.5. The summed E-state index contributed by atoms with van der Waals surface area (Å²) in [7, 11) is 3.83. The Hall–Kier alpha value is -0.120. The Kier molecular flexibility index (Phi) is 3.30. The molecule has 1 rings (SSSR count). The van der Waals surface area contributed by atoms with Crippen molar-refractivity contribution >= 4 is 0 Å². The first-order chi connectivity index (χ1) is 5.27. The summed E-state index contributed by atoms with van der Waals surface area (Å²) in [5.41, 5.74) is 0. The average Bonchev–Trinajstić information content (AvgIpc) is 2.32. The molecule has 66 valence electrons. The quantitative estimate of drug-likeness (QED) is 0.593. The van der Waals surface area contributed by atoms with Crippen LogP contribution in [0.25, 0.3) is 0 Å². The number of ether oxygens (including phenoxy) is 2. The molecule has 3 heteroatoms. The molecule has 0 aromatic rings. The largest absolute Gasteiger partial charge is 0.377 e. The van der Waals surface area contributed by atoms with Gasteiger partial charge in [0.2, 0.25) is 0 Å². The van der Waals surface area contributed by atoms with E-state index in [0.29, 0.717) is 0 Å². The molecule has 1 saturated heterocycles. The topological polar surface area (TPSA) is 21.7 Å². The summed E-state index contributed by atoms with van der Waals surface area (Å²) in [6, 6.07) is 0. The number of hydrogen-bond donors (Lipinski definition) is 0. The summed E-state index contributed by atoms with van der Waals surface area (Å²) in [6.45, 7) is 4.77. The van der Waals surface area contributed by atoms with E-state index in [2.05, 4.69) is 11.9 Å². The molecule has 0 aromatic carbocycles. The van der Waals surface area contributed by atoms with E-state index < -0.39 is 0 Å². The van der Waals surface area contributed by atoms with Gasteiger partial charge in [0.1, 0.15) is 0 Å². The predicted octanol–water partition coefficient (Wildman–Crippen LogP) is 0.352. The van der Waals surface area contributed by atoms with Crippen LogP contribution in [0.1, 0.15) is 6.92 Å². The van der Waals surface area contributed by atoms with E-state index in [1.807, 2.05) is 6.92 Å². The molecule has 11 heavy (non-hydrogen) atoms. The second-order valence-electron chi connectivity index (χ2n) is 2.99. The van der Waals surface area contributed by atoms with Gasteiger partial charge in [-0.15, -0.1) is 0 Å². The fourth-order valence-electron chi connectivity index (χ4n) is 1.52. The fourth-order valence-corrected chi connectivity index (χ4v) is 1.52. The Balaban J connectivity index is 2.37. The number of nitrogens with zero attached hydrogens (tertiary/aromatic N) is 1. The normalized spacial score (nSPS) is 33.0. The van der Waals surface area contributed by atoms with Gasteiger partial charge in [-0.3, -0.25) is 0 Å². The number of hydrogen-bond acceptors (Lipinski definition) is 3. The van der Waals surface area contributed by atoms with E-state index in [1.54, 1.807) is 7.11 Å². The van der Waals surface area contributed by atoms with E-state index in [9.17, 15) is 0 Å². The predicted molar refractivity (Wildman–Crippen MR) is 43.7 cm³/mol. The summed E-state index contributed by atoms with van der Waals surface area (Å²) in [6.07, 6.45) is 0.537. The van der Waals surface area contributed by atoms with Crippen LogP contribution >= 0.6 is 0 Å². The number of rotatable bonds is 3. The molecule has 0 radical (unpaired) electrons. The van der Waals surface area contributed by atoms with Crippen molar-refractivity contribution in [2.45, 2.75) is 19.1 Å². The third-order valence-electron chi connectivity index (χ3n) is 2.08. The van der Waals surface area contributed by atoms with Gasteiger partial charge in [-0.25, -0.2) is 0 Å². The van der Waals surface area contributed by atoms with Crippen LogP contribution in [0.2, 0.25) is 0 Å². The smallest absolute Gasteiger partial charge is 0.0975 e. The zero-order valence-electron chi connectivity index (χ0n) is 7.54. The van der Waals surface area contributed by atoms with E-state index in [1.165, 1.54) is 0 Å². The second kappa shape index (κ2) is 4.04. The first kappa shape index (κ1) is 8.97. The van der Waals surface area contributed by atoms with E-state index in [4.69, 9.17) is 9.47 Å². The maximum atomic E-state index is 5.51. The van der Waals surface area contributed by atoms with Gasteiger partial charge in [0.05, 0.1) is 12.2 Å². The lowest BCUT2D eigenvalue weighted by atomic mass is 10.2. The first-order valence-corrected chi connectivity index (χ1v) is 4.10. The summed E-state index contributed by atoms with van der Waals surface area (Å²) >= 11 is 0. The highest BCUT2D eigenvalue weighted by Crippen LogP contribution is 2.13. The Labute approximate surface area is 68.3 Å². The molecule has 0 unspecified atom stereocenters. The fraction of sp³-hybridized carbons (Fsp3) is 1.00. The lowest BCUT2D eigenvalue weighted by molar-refractivity contribution is -0.0233. The van der Waals surface area contributed by atoms with Gasteiger partial charge in [0, 0.05) is 26.8 Å². The molecule has 1 heterocycles. The molecule has 2 atom stereocenters. The van der Waals surface area contributed by atoms with Gasteiger partial charge in [-0.05, 0) is 14.0 Å². The monoisotopic (exact) mass is 159 g/mol. The van der Waals surface area contributed by atoms with Crippen molar-refractivity contribution in [2.75, 3.05) is 33.9 Å². The number of likely N-dealkylation sites (tertiary alicyclic amines) is 1.